The van der Waals surface area contributed by atoms with E-state index in [9.17, 15) is 9.59 Å². The van der Waals surface area contributed by atoms with E-state index in [0.717, 1.165) is 36.8 Å². The molecule has 0 radical (unpaired) electrons. The van der Waals surface area contributed by atoms with Gasteiger partial charge in [-0.3, -0.25) is 10.1 Å². The van der Waals surface area contributed by atoms with Gasteiger partial charge >= 0.3 is 6.03 Å². The molecule has 3 rings (SSSR count). The van der Waals surface area contributed by atoms with Crippen LogP contribution in [-0.4, -0.2) is 64.7 Å². The van der Waals surface area contributed by atoms with Crippen molar-refractivity contribution in [3.63, 3.8) is 0 Å². The van der Waals surface area contributed by atoms with Gasteiger partial charge in [-0.1, -0.05) is 24.3 Å². The lowest BCUT2D eigenvalue weighted by Crippen LogP contribution is -2.49. The van der Waals surface area contributed by atoms with Crippen LogP contribution >= 0.6 is 11.3 Å². The second-order valence-electron chi connectivity index (χ2n) is 6.44. The van der Waals surface area contributed by atoms with Crippen molar-refractivity contribution in [2.75, 3.05) is 42.9 Å². The van der Waals surface area contributed by atoms with Crippen molar-refractivity contribution in [3.8, 4) is 0 Å². The molecule has 0 aliphatic carbocycles. The molecule has 9 nitrogen and oxygen atoms in total. The Morgan fingerprint density at radius 3 is 2.71 bits per heavy atom. The Morgan fingerprint density at radius 2 is 2.00 bits per heavy atom. The molecule has 2 aromatic rings. The molecule has 28 heavy (non-hydrogen) atoms. The summed E-state index contributed by atoms with van der Waals surface area (Å²) >= 11 is 1.37. The number of piperazine rings is 1. The lowest BCUT2D eigenvalue weighted by Gasteiger charge is -2.35. The molecule has 10 heteroatoms. The van der Waals surface area contributed by atoms with E-state index in [0.29, 0.717) is 18.2 Å². The van der Waals surface area contributed by atoms with E-state index >= 15 is 0 Å². The standard InChI is InChI=1S/C18H25N7O2S/c1-2-5-15-22-23-18(28-15)21-17(27)20-9-7-16(26)25-12-10-24(11-13-25)14-6-3-4-8-19-14/h3-4,6,8H,2,5,7,9-13H2,1H3,(H2,20,21,23,27). The molecule has 0 atom stereocenters. The molecule has 150 valence electrons. The molecule has 1 aliphatic heterocycles. The number of amides is 3. The van der Waals surface area contributed by atoms with Gasteiger partial charge in [-0.05, 0) is 18.6 Å². The lowest BCUT2D eigenvalue weighted by molar-refractivity contribution is -0.131. The first-order valence-electron chi connectivity index (χ1n) is 9.46. The fourth-order valence-electron chi connectivity index (χ4n) is 2.93. The third-order valence-electron chi connectivity index (χ3n) is 4.38. The lowest BCUT2D eigenvalue weighted by atomic mass is 10.2. The zero-order valence-corrected chi connectivity index (χ0v) is 16.7. The van der Waals surface area contributed by atoms with Crippen LogP contribution in [0.25, 0.3) is 0 Å². The molecule has 0 spiro atoms. The summed E-state index contributed by atoms with van der Waals surface area (Å²) in [6.07, 6.45) is 3.88. The summed E-state index contributed by atoms with van der Waals surface area (Å²) in [6, 6.07) is 5.46. The van der Waals surface area contributed by atoms with E-state index in [1.807, 2.05) is 23.1 Å². The van der Waals surface area contributed by atoms with Crippen molar-refractivity contribution in [2.45, 2.75) is 26.2 Å². The summed E-state index contributed by atoms with van der Waals surface area (Å²) in [5.41, 5.74) is 0. The normalized spacial score (nSPS) is 14.0. The van der Waals surface area contributed by atoms with Gasteiger partial charge in [-0.2, -0.15) is 0 Å². The van der Waals surface area contributed by atoms with Gasteiger partial charge in [0.1, 0.15) is 10.8 Å². The van der Waals surface area contributed by atoms with Crippen molar-refractivity contribution >= 4 is 34.2 Å². The number of carbonyl (C=O) groups excluding carboxylic acids is 2. The molecule has 1 saturated heterocycles. The third-order valence-corrected chi connectivity index (χ3v) is 5.28. The summed E-state index contributed by atoms with van der Waals surface area (Å²) in [6.45, 7) is 5.18. The van der Waals surface area contributed by atoms with Gasteiger partial charge in [-0.15, -0.1) is 10.2 Å². The van der Waals surface area contributed by atoms with Crippen LogP contribution in [0.4, 0.5) is 15.7 Å². The summed E-state index contributed by atoms with van der Waals surface area (Å²) in [4.78, 5) is 32.6. The van der Waals surface area contributed by atoms with Crippen LogP contribution in [0.15, 0.2) is 24.4 Å². The molecule has 0 bridgehead atoms. The first kappa shape index (κ1) is 20.0. The van der Waals surface area contributed by atoms with Crippen LogP contribution in [0.5, 0.6) is 0 Å². The summed E-state index contributed by atoms with van der Waals surface area (Å²) in [5.74, 6) is 0.980. The molecule has 3 amide bonds. The minimum Gasteiger partial charge on any atom is -0.353 e. The van der Waals surface area contributed by atoms with Crippen molar-refractivity contribution in [3.05, 3.63) is 29.4 Å². The summed E-state index contributed by atoms with van der Waals surface area (Å²) in [5, 5.41) is 14.7. The van der Waals surface area contributed by atoms with E-state index < -0.39 is 0 Å². The van der Waals surface area contributed by atoms with Crippen molar-refractivity contribution in [1.29, 1.82) is 0 Å². The van der Waals surface area contributed by atoms with Gasteiger partial charge in [0.25, 0.3) is 0 Å². The SMILES string of the molecule is CCCc1nnc(NC(=O)NCCC(=O)N2CCN(c3ccccn3)CC2)s1. The number of hydrogen-bond acceptors (Lipinski definition) is 7. The third kappa shape index (κ3) is 5.62. The van der Waals surface area contributed by atoms with Crippen LogP contribution < -0.4 is 15.5 Å². The fraction of sp³-hybridized carbons (Fsp3) is 0.500. The van der Waals surface area contributed by atoms with Crippen molar-refractivity contribution in [2.24, 2.45) is 0 Å². The Morgan fingerprint density at radius 1 is 1.18 bits per heavy atom. The first-order chi connectivity index (χ1) is 13.7. The van der Waals surface area contributed by atoms with E-state index in [2.05, 4.69) is 37.6 Å². The van der Waals surface area contributed by atoms with Gasteiger partial charge < -0.3 is 15.1 Å². The Labute approximate surface area is 168 Å². The highest BCUT2D eigenvalue weighted by Gasteiger charge is 2.21. The Kier molecular flexibility index (Phi) is 7.12. The number of hydrogen-bond donors (Lipinski definition) is 2. The quantitative estimate of drug-likeness (QED) is 0.730. The molecular formula is C18H25N7O2S. The van der Waals surface area contributed by atoms with Gasteiger partial charge in [0.15, 0.2) is 0 Å². The van der Waals surface area contributed by atoms with Crippen LogP contribution in [0.1, 0.15) is 24.8 Å². The van der Waals surface area contributed by atoms with Gasteiger partial charge in [-0.25, -0.2) is 9.78 Å². The van der Waals surface area contributed by atoms with E-state index in [1.54, 1.807) is 6.20 Å². The Hall–Kier alpha value is -2.75. The Balaban J connectivity index is 1.34. The molecule has 0 saturated carbocycles. The average Bonchev–Trinajstić information content (AvgIpc) is 3.16. The van der Waals surface area contributed by atoms with E-state index in [-0.39, 0.29) is 24.9 Å². The smallest absolute Gasteiger partial charge is 0.321 e. The highest BCUT2D eigenvalue weighted by molar-refractivity contribution is 7.15. The monoisotopic (exact) mass is 403 g/mol. The molecule has 0 aromatic carbocycles. The number of urea groups is 1. The van der Waals surface area contributed by atoms with Crippen LogP contribution in [-0.2, 0) is 11.2 Å². The predicted molar refractivity (Wildman–Crippen MR) is 109 cm³/mol. The number of nitrogens with zero attached hydrogens (tertiary/aromatic N) is 5. The maximum Gasteiger partial charge on any atom is 0.321 e. The first-order valence-corrected chi connectivity index (χ1v) is 10.3. The highest BCUT2D eigenvalue weighted by Crippen LogP contribution is 2.16. The molecule has 0 unspecified atom stereocenters. The largest absolute Gasteiger partial charge is 0.353 e. The van der Waals surface area contributed by atoms with Crippen LogP contribution in [0, 0.1) is 0 Å². The number of anilines is 2. The van der Waals surface area contributed by atoms with Crippen molar-refractivity contribution < 1.29 is 9.59 Å². The minimum absolute atomic E-state index is 0.0436. The van der Waals surface area contributed by atoms with Gasteiger partial charge in [0, 0.05) is 51.8 Å². The molecule has 2 N–H and O–H groups in total. The molecule has 3 heterocycles. The fourth-order valence-corrected chi connectivity index (χ4v) is 3.76. The molecule has 2 aromatic heterocycles. The van der Waals surface area contributed by atoms with E-state index in [4.69, 9.17) is 0 Å². The van der Waals surface area contributed by atoms with Crippen molar-refractivity contribution in [1.82, 2.24) is 25.4 Å². The number of nitrogens with one attached hydrogen (secondary N) is 2. The summed E-state index contributed by atoms with van der Waals surface area (Å²) < 4.78 is 0. The topological polar surface area (TPSA) is 103 Å². The van der Waals surface area contributed by atoms with E-state index in [1.165, 1.54) is 11.3 Å². The number of aryl methyl sites for hydroxylation is 1. The van der Waals surface area contributed by atoms with Gasteiger partial charge in [0.2, 0.25) is 11.0 Å². The van der Waals surface area contributed by atoms with Crippen LogP contribution in [0.2, 0.25) is 0 Å². The molecule has 1 fully saturated rings. The maximum atomic E-state index is 12.4. The average molecular weight is 404 g/mol. The second-order valence-corrected chi connectivity index (χ2v) is 7.50. The Bertz CT molecular complexity index is 775. The number of carbonyl (C=O) groups is 2. The number of aromatic nitrogens is 3. The number of rotatable bonds is 7. The second kappa shape index (κ2) is 9.98. The number of pyridine rings is 1. The maximum absolute atomic E-state index is 12.4. The van der Waals surface area contributed by atoms with Gasteiger partial charge in [0.05, 0.1) is 0 Å². The zero-order valence-electron chi connectivity index (χ0n) is 15.9. The summed E-state index contributed by atoms with van der Waals surface area (Å²) in [7, 11) is 0. The predicted octanol–water partition coefficient (Wildman–Crippen LogP) is 1.75. The highest BCUT2D eigenvalue weighted by atomic mass is 32.1. The zero-order chi connectivity index (χ0) is 19.8. The van der Waals surface area contributed by atoms with Crippen LogP contribution in [0.3, 0.4) is 0 Å². The minimum atomic E-state index is -0.369. The molecular weight excluding hydrogens is 378 g/mol. The molecule has 1 aliphatic rings.